The highest BCUT2D eigenvalue weighted by Gasteiger charge is 2.39. The van der Waals surface area contributed by atoms with Gasteiger partial charge in [-0.25, -0.2) is 0 Å². The van der Waals surface area contributed by atoms with Crippen molar-refractivity contribution in [3.05, 3.63) is 47.9 Å². The van der Waals surface area contributed by atoms with Crippen LogP contribution in [-0.4, -0.2) is 41.0 Å². The van der Waals surface area contributed by atoms with E-state index in [1.165, 1.54) is 37.8 Å². The van der Waals surface area contributed by atoms with Gasteiger partial charge in [0.1, 0.15) is 0 Å². The summed E-state index contributed by atoms with van der Waals surface area (Å²) in [6.07, 6.45) is 19.7. The van der Waals surface area contributed by atoms with E-state index in [0.717, 1.165) is 18.7 Å². The molecule has 3 nitrogen and oxygen atoms in total. The standard InChI is InChI=1S/C20H29N3/c1-15-7-2-5-12-23(19-10-6-9-18(21)20(15)19)17-13-16-8-3-4-11-22(16)14-17/h3-4,6,8-9,11,15-17,19H,2,5,7,10,12-14,21H2,1H3. The lowest BCUT2D eigenvalue weighted by Gasteiger charge is -2.42. The van der Waals surface area contributed by atoms with Gasteiger partial charge in [-0.1, -0.05) is 31.6 Å². The molecule has 0 bridgehead atoms. The molecule has 124 valence electrons. The van der Waals surface area contributed by atoms with E-state index < -0.39 is 0 Å². The Labute approximate surface area is 140 Å². The third-order valence-corrected chi connectivity index (χ3v) is 6.14. The second kappa shape index (κ2) is 6.20. The van der Waals surface area contributed by atoms with E-state index in [-0.39, 0.29) is 0 Å². The number of fused-ring (bicyclic) bond motifs is 2. The molecule has 2 fully saturated rings. The van der Waals surface area contributed by atoms with Crippen molar-refractivity contribution in [1.29, 1.82) is 0 Å². The van der Waals surface area contributed by atoms with Gasteiger partial charge in [-0.05, 0) is 62.1 Å². The molecule has 1 aliphatic carbocycles. The van der Waals surface area contributed by atoms with Gasteiger partial charge in [-0.3, -0.25) is 4.90 Å². The summed E-state index contributed by atoms with van der Waals surface area (Å²) >= 11 is 0. The monoisotopic (exact) mass is 311 g/mol. The highest BCUT2D eigenvalue weighted by atomic mass is 15.3. The lowest BCUT2D eigenvalue weighted by atomic mass is 9.81. The molecule has 4 rings (SSSR count). The number of rotatable bonds is 1. The molecule has 4 unspecified atom stereocenters. The van der Waals surface area contributed by atoms with Crippen LogP contribution in [0.5, 0.6) is 0 Å². The molecule has 3 aliphatic heterocycles. The number of nitrogens with two attached hydrogens (primary N) is 1. The summed E-state index contributed by atoms with van der Waals surface area (Å²) in [5, 5.41) is 0. The SMILES string of the molecule is CC1CCCCN(C2CC3C=CC=CN3C2)C2CC=CC(N)=C12. The van der Waals surface area contributed by atoms with E-state index in [2.05, 4.69) is 53.3 Å². The van der Waals surface area contributed by atoms with Crippen molar-refractivity contribution in [3.8, 4) is 0 Å². The van der Waals surface area contributed by atoms with Crippen LogP contribution < -0.4 is 5.73 Å². The van der Waals surface area contributed by atoms with E-state index in [9.17, 15) is 0 Å². The maximum absolute atomic E-state index is 6.41. The average Bonchev–Trinajstić information content (AvgIpc) is 2.96. The van der Waals surface area contributed by atoms with E-state index >= 15 is 0 Å². The fraction of sp³-hybridized carbons (Fsp3) is 0.600. The van der Waals surface area contributed by atoms with Crippen molar-refractivity contribution in [3.63, 3.8) is 0 Å². The minimum absolute atomic E-state index is 0.523. The van der Waals surface area contributed by atoms with E-state index in [4.69, 9.17) is 5.73 Å². The zero-order chi connectivity index (χ0) is 15.8. The molecular weight excluding hydrogens is 282 g/mol. The fourth-order valence-corrected chi connectivity index (χ4v) is 4.98. The first-order valence-corrected chi connectivity index (χ1v) is 9.26. The Morgan fingerprint density at radius 1 is 1.22 bits per heavy atom. The molecule has 0 saturated carbocycles. The van der Waals surface area contributed by atoms with Crippen molar-refractivity contribution in [2.45, 2.75) is 57.2 Å². The number of hydrogen-bond acceptors (Lipinski definition) is 3. The Hall–Kier alpha value is -1.48. The van der Waals surface area contributed by atoms with Crippen LogP contribution in [0.2, 0.25) is 0 Å². The largest absolute Gasteiger partial charge is 0.399 e. The lowest BCUT2D eigenvalue weighted by Crippen LogP contribution is -2.48. The van der Waals surface area contributed by atoms with Crippen LogP contribution in [0.4, 0.5) is 0 Å². The fourth-order valence-electron chi connectivity index (χ4n) is 4.98. The molecule has 0 amide bonds. The number of allylic oxidation sites excluding steroid dienone is 3. The van der Waals surface area contributed by atoms with Gasteiger partial charge in [0, 0.05) is 30.4 Å². The van der Waals surface area contributed by atoms with Gasteiger partial charge in [0.25, 0.3) is 0 Å². The smallest absolute Gasteiger partial charge is 0.0486 e. The Balaban J connectivity index is 1.61. The zero-order valence-electron chi connectivity index (χ0n) is 14.2. The summed E-state index contributed by atoms with van der Waals surface area (Å²) in [5.74, 6) is 0.622. The van der Waals surface area contributed by atoms with Gasteiger partial charge in [0.15, 0.2) is 0 Å². The summed E-state index contributed by atoms with van der Waals surface area (Å²) in [5.41, 5.74) is 8.97. The Morgan fingerprint density at radius 3 is 3.00 bits per heavy atom. The normalized spacial score (nSPS) is 37.5. The van der Waals surface area contributed by atoms with Crippen LogP contribution in [0.1, 0.15) is 39.0 Å². The van der Waals surface area contributed by atoms with Crippen LogP contribution in [0, 0.1) is 5.92 Å². The molecule has 0 spiro atoms. The van der Waals surface area contributed by atoms with E-state index in [0.29, 0.717) is 24.0 Å². The highest BCUT2D eigenvalue weighted by molar-refractivity contribution is 5.34. The predicted octanol–water partition coefficient (Wildman–Crippen LogP) is 3.18. The van der Waals surface area contributed by atoms with Crippen molar-refractivity contribution in [1.82, 2.24) is 9.80 Å². The third-order valence-electron chi connectivity index (χ3n) is 6.14. The van der Waals surface area contributed by atoms with Gasteiger partial charge in [0.05, 0.1) is 0 Å². The molecular formula is C20H29N3. The Bertz CT molecular complexity index is 551. The van der Waals surface area contributed by atoms with Gasteiger partial charge < -0.3 is 10.6 Å². The van der Waals surface area contributed by atoms with Gasteiger partial charge in [-0.15, -0.1) is 0 Å². The first-order valence-electron chi connectivity index (χ1n) is 9.26. The summed E-state index contributed by atoms with van der Waals surface area (Å²) in [4.78, 5) is 5.31. The quantitative estimate of drug-likeness (QED) is 0.807. The van der Waals surface area contributed by atoms with Crippen molar-refractivity contribution in [2.24, 2.45) is 11.7 Å². The molecule has 2 saturated heterocycles. The summed E-state index contributed by atoms with van der Waals surface area (Å²) < 4.78 is 0. The first kappa shape index (κ1) is 15.1. The summed E-state index contributed by atoms with van der Waals surface area (Å²) in [6.45, 7) is 4.76. The van der Waals surface area contributed by atoms with Gasteiger partial charge in [0.2, 0.25) is 0 Å². The number of hydrogen-bond donors (Lipinski definition) is 1. The van der Waals surface area contributed by atoms with Crippen molar-refractivity contribution >= 4 is 0 Å². The number of likely N-dealkylation sites (tertiary alicyclic amines) is 1. The van der Waals surface area contributed by atoms with Crippen LogP contribution in [0.3, 0.4) is 0 Å². The second-order valence-corrected chi connectivity index (χ2v) is 7.58. The van der Waals surface area contributed by atoms with Gasteiger partial charge >= 0.3 is 0 Å². The molecule has 3 heterocycles. The zero-order valence-corrected chi connectivity index (χ0v) is 14.2. The highest BCUT2D eigenvalue weighted by Crippen LogP contribution is 2.36. The van der Waals surface area contributed by atoms with Gasteiger partial charge in [-0.2, -0.15) is 0 Å². The molecule has 0 aromatic carbocycles. The minimum Gasteiger partial charge on any atom is -0.399 e. The number of nitrogens with zero attached hydrogens (tertiary/aromatic N) is 2. The first-order chi connectivity index (χ1) is 11.2. The Kier molecular flexibility index (Phi) is 4.06. The van der Waals surface area contributed by atoms with E-state index in [1.807, 2.05) is 0 Å². The third kappa shape index (κ3) is 2.76. The molecule has 2 N–H and O–H groups in total. The van der Waals surface area contributed by atoms with Crippen molar-refractivity contribution < 1.29 is 0 Å². The van der Waals surface area contributed by atoms with Crippen molar-refractivity contribution in [2.75, 3.05) is 13.1 Å². The molecule has 4 atom stereocenters. The molecule has 23 heavy (non-hydrogen) atoms. The Morgan fingerprint density at radius 2 is 2.13 bits per heavy atom. The maximum atomic E-state index is 6.41. The minimum atomic E-state index is 0.523. The average molecular weight is 311 g/mol. The molecule has 0 radical (unpaired) electrons. The molecule has 0 aromatic heterocycles. The van der Waals surface area contributed by atoms with Crippen LogP contribution >= 0.6 is 0 Å². The summed E-state index contributed by atoms with van der Waals surface area (Å²) in [7, 11) is 0. The van der Waals surface area contributed by atoms with Crippen LogP contribution in [0.25, 0.3) is 0 Å². The maximum Gasteiger partial charge on any atom is 0.0486 e. The van der Waals surface area contributed by atoms with Crippen LogP contribution in [-0.2, 0) is 0 Å². The molecule has 0 aromatic rings. The summed E-state index contributed by atoms with van der Waals surface area (Å²) in [6, 6.07) is 1.77. The molecule has 4 aliphatic rings. The lowest BCUT2D eigenvalue weighted by molar-refractivity contribution is 0.136. The van der Waals surface area contributed by atoms with Crippen LogP contribution in [0.15, 0.2) is 47.9 Å². The topological polar surface area (TPSA) is 32.5 Å². The van der Waals surface area contributed by atoms with E-state index in [1.54, 1.807) is 0 Å². The molecule has 3 heteroatoms. The predicted molar refractivity (Wildman–Crippen MR) is 95.7 cm³/mol. The second-order valence-electron chi connectivity index (χ2n) is 7.58.